The molecule has 2 rings (SSSR count). The van der Waals surface area contributed by atoms with Crippen molar-refractivity contribution in [2.75, 3.05) is 12.3 Å². The highest BCUT2D eigenvalue weighted by molar-refractivity contribution is 7.99. The van der Waals surface area contributed by atoms with E-state index in [9.17, 15) is 4.79 Å². The van der Waals surface area contributed by atoms with Crippen LogP contribution in [0.3, 0.4) is 0 Å². The van der Waals surface area contributed by atoms with Crippen molar-refractivity contribution in [3.05, 3.63) is 17.0 Å². The highest BCUT2D eigenvalue weighted by atomic mass is 32.2. The maximum Gasteiger partial charge on any atom is 0.253 e. The van der Waals surface area contributed by atoms with Gasteiger partial charge in [0.15, 0.2) is 0 Å². The smallest absolute Gasteiger partial charge is 0.253 e. The Kier molecular flexibility index (Phi) is 6.38. The molecule has 1 N–H and O–H groups in total. The van der Waals surface area contributed by atoms with Gasteiger partial charge >= 0.3 is 0 Å². The van der Waals surface area contributed by atoms with Gasteiger partial charge in [0.1, 0.15) is 0 Å². The summed E-state index contributed by atoms with van der Waals surface area (Å²) < 4.78 is 1.74. The van der Waals surface area contributed by atoms with E-state index in [4.69, 9.17) is 0 Å². The van der Waals surface area contributed by atoms with Crippen LogP contribution in [0.4, 0.5) is 0 Å². The van der Waals surface area contributed by atoms with E-state index in [1.165, 1.54) is 31.0 Å². The number of aromatic nitrogens is 4. The molecular weight excluding hydrogens is 310 g/mol. The van der Waals surface area contributed by atoms with Gasteiger partial charge in [-0.15, -0.1) is 5.10 Å². The summed E-state index contributed by atoms with van der Waals surface area (Å²) in [5.74, 6) is 0.956. The van der Waals surface area contributed by atoms with Crippen molar-refractivity contribution in [2.24, 2.45) is 0 Å². The summed E-state index contributed by atoms with van der Waals surface area (Å²) in [5, 5.41) is 7.96. The van der Waals surface area contributed by atoms with Gasteiger partial charge in [-0.05, 0) is 32.8 Å². The van der Waals surface area contributed by atoms with Crippen molar-refractivity contribution in [1.82, 2.24) is 24.9 Å². The number of aryl methyl sites for hydroxylation is 2. The van der Waals surface area contributed by atoms with Crippen LogP contribution >= 0.6 is 11.8 Å². The Morgan fingerprint density at radius 2 is 1.96 bits per heavy atom. The molecule has 0 saturated carbocycles. The number of nitrogens with one attached hydrogen (secondary N) is 1. The fourth-order valence-electron chi connectivity index (χ4n) is 2.26. The minimum absolute atomic E-state index is 0.0300. The molecule has 0 aromatic carbocycles. The number of fused-ring (bicyclic) bond motifs is 1. The second-order valence-corrected chi connectivity index (χ2v) is 6.66. The predicted molar refractivity (Wildman–Crippen MR) is 92.9 cm³/mol. The lowest BCUT2D eigenvalue weighted by molar-refractivity contribution is -0.118. The average Bonchev–Trinajstić information content (AvgIpc) is 2.93. The van der Waals surface area contributed by atoms with Crippen LogP contribution in [0.25, 0.3) is 5.78 Å². The summed E-state index contributed by atoms with van der Waals surface area (Å²) in [4.78, 5) is 20.7. The van der Waals surface area contributed by atoms with Crippen LogP contribution in [0.5, 0.6) is 0 Å². The number of nitrogens with zero attached hydrogens (tertiary/aromatic N) is 4. The monoisotopic (exact) mass is 335 g/mol. The fraction of sp³-hybridized carbons (Fsp3) is 0.625. The van der Waals surface area contributed by atoms with Gasteiger partial charge < -0.3 is 5.32 Å². The zero-order valence-corrected chi connectivity index (χ0v) is 15.2. The van der Waals surface area contributed by atoms with Crippen LogP contribution in [0, 0.1) is 20.8 Å². The van der Waals surface area contributed by atoms with Crippen molar-refractivity contribution in [2.45, 2.75) is 58.5 Å². The number of carbonyl (C=O) groups is 1. The number of hydrogen-bond donors (Lipinski definition) is 1. The van der Waals surface area contributed by atoms with Crippen LogP contribution in [0.1, 0.15) is 49.6 Å². The predicted octanol–water partition coefficient (Wildman–Crippen LogP) is 2.84. The zero-order valence-electron chi connectivity index (χ0n) is 14.3. The number of amides is 1. The Hall–Kier alpha value is -1.63. The first kappa shape index (κ1) is 17.7. The molecule has 0 bridgehead atoms. The molecule has 0 aliphatic rings. The number of rotatable bonds is 8. The summed E-state index contributed by atoms with van der Waals surface area (Å²) in [6.07, 6.45) is 4.64. The van der Waals surface area contributed by atoms with E-state index in [-0.39, 0.29) is 5.91 Å². The van der Waals surface area contributed by atoms with Crippen molar-refractivity contribution < 1.29 is 4.79 Å². The topological polar surface area (TPSA) is 72.2 Å². The lowest BCUT2D eigenvalue weighted by atomic mass is 10.2. The largest absolute Gasteiger partial charge is 0.355 e. The number of carbonyl (C=O) groups excluding carboxylic acids is 1. The third-order valence-electron chi connectivity index (χ3n) is 3.93. The van der Waals surface area contributed by atoms with Crippen LogP contribution in [-0.4, -0.2) is 37.8 Å². The molecule has 23 heavy (non-hydrogen) atoms. The molecule has 0 atom stereocenters. The molecule has 0 fully saturated rings. The van der Waals surface area contributed by atoms with Crippen molar-refractivity contribution in [1.29, 1.82) is 0 Å². The molecule has 1 amide bonds. The van der Waals surface area contributed by atoms with Gasteiger partial charge in [-0.1, -0.05) is 37.9 Å². The normalized spacial score (nSPS) is 11.1. The standard InChI is InChI=1S/C16H25N5OS/c1-5-6-7-8-9-17-14(22)10-23-16-19-15-18-12(3)11(2)13(4)21(15)20-16/h5-10H2,1-4H3,(H,17,22). The van der Waals surface area contributed by atoms with E-state index < -0.39 is 0 Å². The van der Waals surface area contributed by atoms with Gasteiger partial charge in [-0.25, -0.2) is 9.50 Å². The summed E-state index contributed by atoms with van der Waals surface area (Å²) >= 11 is 1.35. The Balaban J connectivity index is 1.87. The van der Waals surface area contributed by atoms with Crippen LogP contribution in [0.2, 0.25) is 0 Å². The molecule has 0 saturated heterocycles. The highest BCUT2D eigenvalue weighted by Crippen LogP contribution is 2.17. The maximum absolute atomic E-state index is 11.8. The molecular formula is C16H25N5OS. The SMILES string of the molecule is CCCCCCNC(=O)CSc1nc2nc(C)c(C)c(C)n2n1. The molecule has 0 radical (unpaired) electrons. The number of thioether (sulfide) groups is 1. The van der Waals surface area contributed by atoms with Gasteiger partial charge in [0, 0.05) is 17.9 Å². The second kappa shape index (κ2) is 8.29. The van der Waals surface area contributed by atoms with Gasteiger partial charge in [0.25, 0.3) is 5.78 Å². The highest BCUT2D eigenvalue weighted by Gasteiger charge is 2.12. The first-order valence-corrected chi connectivity index (χ1v) is 9.11. The molecule has 126 valence electrons. The Labute approximate surface area is 141 Å². The molecule has 0 aliphatic carbocycles. The summed E-state index contributed by atoms with van der Waals surface area (Å²) in [6, 6.07) is 0. The first-order chi connectivity index (χ1) is 11.0. The summed E-state index contributed by atoms with van der Waals surface area (Å²) in [5.41, 5.74) is 3.11. The zero-order chi connectivity index (χ0) is 16.8. The average molecular weight is 335 g/mol. The number of unbranched alkanes of at least 4 members (excludes halogenated alkanes) is 3. The van der Waals surface area contributed by atoms with Crippen LogP contribution in [-0.2, 0) is 4.79 Å². The summed E-state index contributed by atoms with van der Waals surface area (Å²) in [6.45, 7) is 8.92. The molecule has 0 aliphatic heterocycles. The lowest BCUT2D eigenvalue weighted by Crippen LogP contribution is -2.26. The third-order valence-corrected chi connectivity index (χ3v) is 4.76. The minimum atomic E-state index is 0.0300. The van der Waals surface area contributed by atoms with Crippen molar-refractivity contribution in [3.8, 4) is 0 Å². The van der Waals surface area contributed by atoms with E-state index >= 15 is 0 Å². The van der Waals surface area contributed by atoms with Crippen LogP contribution in [0.15, 0.2) is 5.16 Å². The van der Waals surface area contributed by atoms with Gasteiger partial charge in [-0.2, -0.15) is 4.98 Å². The Bertz CT molecular complexity index is 683. The van der Waals surface area contributed by atoms with Crippen molar-refractivity contribution in [3.63, 3.8) is 0 Å². The maximum atomic E-state index is 11.8. The van der Waals surface area contributed by atoms with E-state index in [0.717, 1.165) is 29.9 Å². The molecule has 2 aromatic heterocycles. The molecule has 2 heterocycles. The number of hydrogen-bond acceptors (Lipinski definition) is 5. The Morgan fingerprint density at radius 1 is 1.17 bits per heavy atom. The van der Waals surface area contributed by atoms with Gasteiger partial charge in [-0.3, -0.25) is 4.79 Å². The molecule has 6 nitrogen and oxygen atoms in total. The van der Waals surface area contributed by atoms with E-state index in [1.807, 2.05) is 20.8 Å². The van der Waals surface area contributed by atoms with Crippen LogP contribution < -0.4 is 5.32 Å². The van der Waals surface area contributed by atoms with E-state index in [0.29, 0.717) is 16.7 Å². The van der Waals surface area contributed by atoms with E-state index in [2.05, 4.69) is 27.3 Å². The second-order valence-electron chi connectivity index (χ2n) is 5.71. The van der Waals surface area contributed by atoms with Crippen molar-refractivity contribution >= 4 is 23.4 Å². The first-order valence-electron chi connectivity index (χ1n) is 8.13. The minimum Gasteiger partial charge on any atom is -0.355 e. The van der Waals surface area contributed by atoms with Gasteiger partial charge in [0.2, 0.25) is 11.1 Å². The quantitative estimate of drug-likeness (QED) is 0.593. The fourth-order valence-corrected chi connectivity index (χ4v) is 2.91. The molecule has 7 heteroatoms. The molecule has 0 unspecified atom stereocenters. The summed E-state index contributed by atoms with van der Waals surface area (Å²) in [7, 11) is 0. The third kappa shape index (κ3) is 4.67. The van der Waals surface area contributed by atoms with Gasteiger partial charge in [0.05, 0.1) is 5.75 Å². The van der Waals surface area contributed by atoms with E-state index in [1.54, 1.807) is 4.52 Å². The molecule has 2 aromatic rings. The molecule has 0 spiro atoms. The Morgan fingerprint density at radius 3 is 2.70 bits per heavy atom. The lowest BCUT2D eigenvalue weighted by Gasteiger charge is -2.04.